The van der Waals surface area contributed by atoms with E-state index < -0.39 is 0 Å². The Morgan fingerprint density at radius 3 is 1.27 bits per heavy atom. The molecule has 1 atom stereocenters. The van der Waals surface area contributed by atoms with Crippen LogP contribution in [0.1, 0.15) is 134 Å². The predicted molar refractivity (Wildman–Crippen MR) is 143 cm³/mol. The van der Waals surface area contributed by atoms with Crippen LogP contribution in [0.25, 0.3) is 0 Å². The molecule has 1 unspecified atom stereocenters. The first kappa shape index (κ1) is 34.5. The van der Waals surface area contributed by atoms with Crippen molar-refractivity contribution in [1.82, 2.24) is 10.2 Å². The topological polar surface area (TPSA) is 15.3 Å². The van der Waals surface area contributed by atoms with Gasteiger partial charge in [-0.05, 0) is 76.9 Å². The quantitative estimate of drug-likeness (QED) is 0.483. The van der Waals surface area contributed by atoms with Crippen LogP contribution in [0.2, 0.25) is 0 Å². The van der Waals surface area contributed by atoms with Crippen LogP contribution in [0.15, 0.2) is 0 Å². The Bertz CT molecular complexity index is 233. The van der Waals surface area contributed by atoms with Gasteiger partial charge in [0, 0.05) is 12.1 Å². The number of hydrogen-bond acceptors (Lipinski definition) is 2. The highest BCUT2D eigenvalue weighted by atomic mass is 15.2. The number of rotatable bonds is 3. The first-order valence-electron chi connectivity index (χ1n) is 13.9. The average Bonchev–Trinajstić information content (AvgIpc) is 3.56. The molecule has 1 aliphatic carbocycles. The number of hydrogen-bond donors (Lipinski definition) is 1. The predicted octanol–water partition coefficient (Wildman–Crippen LogP) is 8.80. The monoisotopic (exact) mass is 429 g/mol. The fourth-order valence-corrected chi connectivity index (χ4v) is 4.16. The summed E-state index contributed by atoms with van der Waals surface area (Å²) in [5.41, 5.74) is 0. The van der Waals surface area contributed by atoms with E-state index in [1.54, 1.807) is 0 Å². The highest BCUT2D eigenvalue weighted by molar-refractivity contribution is 4.76. The van der Waals surface area contributed by atoms with Crippen LogP contribution in [-0.4, -0.2) is 36.6 Å². The Hall–Kier alpha value is -0.0800. The molecule has 1 saturated carbocycles. The maximum atomic E-state index is 3.46. The zero-order valence-electron chi connectivity index (χ0n) is 23.6. The van der Waals surface area contributed by atoms with Gasteiger partial charge in [0.25, 0.3) is 0 Å². The number of nitrogens with zero attached hydrogens (tertiary/aromatic N) is 1. The Kier molecular flexibility index (Phi) is 29.0. The smallest absolute Gasteiger partial charge is 0.00905 e. The van der Waals surface area contributed by atoms with Gasteiger partial charge in [-0.3, -0.25) is 0 Å². The summed E-state index contributed by atoms with van der Waals surface area (Å²) in [6.45, 7) is 29.7. The van der Waals surface area contributed by atoms with Crippen LogP contribution >= 0.6 is 0 Å². The van der Waals surface area contributed by atoms with E-state index in [4.69, 9.17) is 0 Å². The molecule has 0 aromatic carbocycles. The molecule has 0 spiro atoms. The molecule has 0 radical (unpaired) electrons. The van der Waals surface area contributed by atoms with Crippen molar-refractivity contribution in [2.75, 3.05) is 19.6 Å². The fraction of sp³-hybridized carbons (Fsp3) is 1.00. The lowest BCUT2D eigenvalue weighted by Gasteiger charge is -2.18. The second-order valence-electron chi connectivity index (χ2n) is 9.07. The van der Waals surface area contributed by atoms with Crippen LogP contribution in [0, 0.1) is 17.8 Å². The third-order valence-corrected chi connectivity index (χ3v) is 6.12. The van der Waals surface area contributed by atoms with Gasteiger partial charge in [0.15, 0.2) is 0 Å². The minimum atomic E-state index is 0.775. The van der Waals surface area contributed by atoms with E-state index >= 15 is 0 Å². The summed E-state index contributed by atoms with van der Waals surface area (Å²) in [4.78, 5) is 2.53. The molecule has 186 valence electrons. The molecule has 2 nitrogen and oxygen atoms in total. The summed E-state index contributed by atoms with van der Waals surface area (Å²) in [6.07, 6.45) is 11.6. The lowest BCUT2D eigenvalue weighted by Crippen LogP contribution is -2.26. The van der Waals surface area contributed by atoms with Gasteiger partial charge in [-0.25, -0.2) is 0 Å². The largest absolute Gasteiger partial charge is 0.314 e. The second-order valence-corrected chi connectivity index (χ2v) is 9.07. The van der Waals surface area contributed by atoms with Gasteiger partial charge in [0.05, 0.1) is 0 Å². The highest BCUT2D eigenvalue weighted by Crippen LogP contribution is 2.30. The van der Waals surface area contributed by atoms with Crippen molar-refractivity contribution in [3.63, 3.8) is 0 Å². The van der Waals surface area contributed by atoms with Gasteiger partial charge in [-0.2, -0.15) is 0 Å². The Morgan fingerprint density at radius 1 is 0.600 bits per heavy atom. The first-order chi connectivity index (χ1) is 14.4. The van der Waals surface area contributed by atoms with Crippen molar-refractivity contribution in [2.45, 2.75) is 147 Å². The van der Waals surface area contributed by atoms with Crippen LogP contribution < -0.4 is 5.32 Å². The van der Waals surface area contributed by atoms with Crippen molar-refractivity contribution in [3.05, 3.63) is 0 Å². The van der Waals surface area contributed by atoms with Crippen molar-refractivity contribution >= 4 is 0 Å². The Labute approximate surface area is 194 Å². The molecule has 30 heavy (non-hydrogen) atoms. The minimum absolute atomic E-state index is 0.775. The molecule has 3 fully saturated rings. The van der Waals surface area contributed by atoms with Gasteiger partial charge < -0.3 is 10.2 Å². The van der Waals surface area contributed by atoms with Crippen LogP contribution in [0.4, 0.5) is 0 Å². The van der Waals surface area contributed by atoms with E-state index in [1.165, 1.54) is 71.0 Å². The summed E-state index contributed by atoms with van der Waals surface area (Å²) in [7, 11) is 0. The molecule has 1 N–H and O–H groups in total. The maximum absolute atomic E-state index is 3.46. The average molecular weight is 429 g/mol. The van der Waals surface area contributed by atoms with Gasteiger partial charge in [-0.1, -0.05) is 94.9 Å². The maximum Gasteiger partial charge on any atom is 0.00905 e. The fourth-order valence-electron chi connectivity index (χ4n) is 4.16. The lowest BCUT2D eigenvalue weighted by atomic mass is 9.95. The summed E-state index contributed by atoms with van der Waals surface area (Å²) >= 11 is 0. The summed E-state index contributed by atoms with van der Waals surface area (Å²) in [5, 5.41) is 3.46. The lowest BCUT2D eigenvalue weighted by molar-refractivity contribution is 0.276. The molecule has 0 amide bonds. The molecule has 3 rings (SSSR count). The SMILES string of the molecule is CC.CC.CC.CC(C)C1CCCC1.CC(C)C1CCCN1.CC(C)N1CCCC1. The van der Waals surface area contributed by atoms with Gasteiger partial charge >= 0.3 is 0 Å². The number of nitrogens with one attached hydrogen (secondary N) is 1. The third-order valence-electron chi connectivity index (χ3n) is 6.12. The van der Waals surface area contributed by atoms with E-state index in [1.807, 2.05) is 41.5 Å². The van der Waals surface area contributed by atoms with Crippen LogP contribution in [0.5, 0.6) is 0 Å². The molecule has 0 aromatic rings. The molecule has 2 saturated heterocycles. The molecule has 0 bridgehead atoms. The minimum Gasteiger partial charge on any atom is -0.314 e. The summed E-state index contributed by atoms with van der Waals surface area (Å²) in [6, 6.07) is 1.59. The van der Waals surface area contributed by atoms with Gasteiger partial charge in [-0.15, -0.1) is 0 Å². The molecule has 0 aromatic heterocycles. The second kappa shape index (κ2) is 25.2. The Balaban J connectivity index is -0.000000323. The first-order valence-corrected chi connectivity index (χ1v) is 13.9. The zero-order chi connectivity index (χ0) is 23.9. The van der Waals surface area contributed by atoms with Crippen LogP contribution in [-0.2, 0) is 0 Å². The van der Waals surface area contributed by atoms with Crippen molar-refractivity contribution in [1.29, 1.82) is 0 Å². The van der Waals surface area contributed by atoms with Crippen LogP contribution in [0.3, 0.4) is 0 Å². The number of likely N-dealkylation sites (tertiary alicyclic amines) is 1. The van der Waals surface area contributed by atoms with Gasteiger partial charge in [0.1, 0.15) is 0 Å². The summed E-state index contributed by atoms with van der Waals surface area (Å²) < 4.78 is 0. The van der Waals surface area contributed by atoms with E-state index in [2.05, 4.69) is 51.8 Å². The molecular formula is C28H64N2. The van der Waals surface area contributed by atoms with Crippen molar-refractivity contribution in [2.24, 2.45) is 17.8 Å². The summed E-state index contributed by atoms with van der Waals surface area (Å²) in [5.74, 6) is 2.84. The van der Waals surface area contributed by atoms with E-state index in [-0.39, 0.29) is 0 Å². The molecule has 3 aliphatic rings. The highest BCUT2D eigenvalue weighted by Gasteiger charge is 2.17. The third kappa shape index (κ3) is 18.7. The van der Waals surface area contributed by atoms with E-state index in [0.717, 1.165) is 29.8 Å². The normalized spacial score (nSPS) is 20.7. The van der Waals surface area contributed by atoms with Crippen molar-refractivity contribution < 1.29 is 0 Å². The van der Waals surface area contributed by atoms with E-state index in [9.17, 15) is 0 Å². The molecular weight excluding hydrogens is 364 g/mol. The van der Waals surface area contributed by atoms with Gasteiger partial charge in [0.2, 0.25) is 0 Å². The standard InChI is InChI=1S/C8H16.2C7H15N.3C2H6/c2*1-7(2)8-5-3-4-6-8;1-6(2)7-4-3-5-8-7;3*1-2/h7-8H,3-6H2,1-2H3;7H,3-6H2,1-2H3;6-8H,3-5H2,1-2H3;3*1-2H3. The van der Waals surface area contributed by atoms with E-state index in [0.29, 0.717) is 0 Å². The molecule has 2 aliphatic heterocycles. The Morgan fingerprint density at radius 2 is 1.07 bits per heavy atom. The molecule has 2 heterocycles. The van der Waals surface area contributed by atoms with Crippen molar-refractivity contribution in [3.8, 4) is 0 Å². The molecule has 2 heteroatoms. The zero-order valence-corrected chi connectivity index (χ0v) is 23.6.